The highest BCUT2D eigenvalue weighted by molar-refractivity contribution is 5.87. The lowest BCUT2D eigenvalue weighted by Gasteiger charge is -2.61. The molecule has 7 unspecified atom stereocenters. The Kier molecular flexibility index (Phi) is 4.82. The van der Waals surface area contributed by atoms with Gasteiger partial charge in [0.05, 0.1) is 0 Å². The topological polar surface area (TPSA) is 17.1 Å². The Hall–Kier alpha value is -0.330. The van der Waals surface area contributed by atoms with Gasteiger partial charge in [-0.25, -0.2) is 0 Å². The zero-order valence-electron chi connectivity index (χ0n) is 17.0. The van der Waals surface area contributed by atoms with Crippen LogP contribution in [0.1, 0.15) is 104 Å². The molecule has 0 amide bonds. The molecule has 0 N–H and O–H groups in total. The molecule has 0 saturated heterocycles. The van der Waals surface area contributed by atoms with Crippen LogP contribution in [0.4, 0.5) is 0 Å². The number of ketones is 1. The molecule has 25 heavy (non-hydrogen) atoms. The van der Waals surface area contributed by atoms with Crippen molar-refractivity contribution in [1.29, 1.82) is 0 Å². The van der Waals surface area contributed by atoms with Gasteiger partial charge in [-0.2, -0.15) is 0 Å². The summed E-state index contributed by atoms with van der Waals surface area (Å²) in [5.74, 6) is 5.15. The fourth-order valence-corrected chi connectivity index (χ4v) is 8.38. The van der Waals surface area contributed by atoms with Gasteiger partial charge in [-0.15, -0.1) is 0 Å². The third kappa shape index (κ3) is 2.66. The number of carbonyl (C=O) groups is 1. The first-order valence-corrected chi connectivity index (χ1v) is 11.6. The number of unbranched alkanes of at least 4 members (excludes halogenated alkanes) is 1. The van der Waals surface area contributed by atoms with Gasteiger partial charge >= 0.3 is 0 Å². The third-order valence-electron chi connectivity index (χ3n) is 9.81. The van der Waals surface area contributed by atoms with E-state index in [0.717, 1.165) is 36.0 Å². The van der Waals surface area contributed by atoms with Crippen molar-refractivity contribution >= 4 is 5.78 Å². The minimum atomic E-state index is 0.0568. The molecule has 4 rings (SSSR count). The van der Waals surface area contributed by atoms with Crippen LogP contribution in [-0.4, -0.2) is 5.78 Å². The van der Waals surface area contributed by atoms with E-state index in [9.17, 15) is 4.79 Å². The van der Waals surface area contributed by atoms with Crippen molar-refractivity contribution in [2.24, 2.45) is 40.4 Å². The molecule has 0 heterocycles. The summed E-state index contributed by atoms with van der Waals surface area (Å²) >= 11 is 0. The van der Waals surface area contributed by atoms with Crippen LogP contribution in [0.25, 0.3) is 0 Å². The number of hydrogen-bond donors (Lipinski definition) is 0. The maximum atomic E-state index is 12.6. The van der Waals surface area contributed by atoms with E-state index in [1.807, 2.05) is 0 Å². The second kappa shape index (κ2) is 6.68. The van der Waals surface area contributed by atoms with Crippen molar-refractivity contribution < 1.29 is 4.79 Å². The van der Waals surface area contributed by atoms with Crippen LogP contribution in [0.15, 0.2) is 0 Å². The van der Waals surface area contributed by atoms with E-state index < -0.39 is 0 Å². The summed E-state index contributed by atoms with van der Waals surface area (Å²) in [5.41, 5.74) is 0.694. The second-order valence-corrected chi connectivity index (χ2v) is 10.4. The van der Waals surface area contributed by atoms with E-state index in [1.54, 1.807) is 0 Å². The van der Waals surface area contributed by atoms with Crippen molar-refractivity contribution in [3.63, 3.8) is 0 Å². The Morgan fingerprint density at radius 3 is 2.60 bits per heavy atom. The number of rotatable bonds is 4. The molecule has 4 saturated carbocycles. The Morgan fingerprint density at radius 2 is 1.84 bits per heavy atom. The molecular weight excluding hydrogens is 304 g/mol. The fraction of sp³-hybridized carbons (Fsp3) is 0.958. The normalized spacial score (nSPS) is 49.4. The van der Waals surface area contributed by atoms with Gasteiger partial charge in [-0.05, 0) is 92.8 Å². The van der Waals surface area contributed by atoms with E-state index in [2.05, 4.69) is 20.8 Å². The standard InChI is InChI=1S/C24H40O/c1-4-6-7-17-12-15-24(5-2)18(16-17)8-9-19-20-10-11-22(25)23(20,3)14-13-21(19)24/h17-21H,4-16H2,1-3H3. The summed E-state index contributed by atoms with van der Waals surface area (Å²) in [6.07, 6.45) is 17.7. The Bertz CT molecular complexity index is 510. The molecular formula is C24H40O. The van der Waals surface area contributed by atoms with E-state index in [4.69, 9.17) is 0 Å². The van der Waals surface area contributed by atoms with Gasteiger partial charge in [0.25, 0.3) is 0 Å². The second-order valence-electron chi connectivity index (χ2n) is 10.4. The van der Waals surface area contributed by atoms with Crippen LogP contribution in [0.3, 0.4) is 0 Å². The number of fused-ring (bicyclic) bond motifs is 5. The number of carbonyl (C=O) groups excluding carboxylic acids is 1. The molecule has 0 aromatic heterocycles. The summed E-state index contributed by atoms with van der Waals surface area (Å²) in [4.78, 5) is 12.6. The van der Waals surface area contributed by atoms with Crippen molar-refractivity contribution in [2.45, 2.75) is 104 Å². The Balaban J connectivity index is 1.55. The zero-order valence-corrected chi connectivity index (χ0v) is 17.0. The third-order valence-corrected chi connectivity index (χ3v) is 9.81. The van der Waals surface area contributed by atoms with Gasteiger partial charge in [0.15, 0.2) is 0 Å². The van der Waals surface area contributed by atoms with Crippen molar-refractivity contribution in [3.8, 4) is 0 Å². The summed E-state index contributed by atoms with van der Waals surface area (Å²) in [6, 6.07) is 0. The molecule has 4 aliphatic rings. The van der Waals surface area contributed by atoms with Gasteiger partial charge in [-0.1, -0.05) is 40.0 Å². The average Bonchev–Trinajstić information content (AvgIpc) is 2.94. The number of hydrogen-bond acceptors (Lipinski definition) is 1. The van der Waals surface area contributed by atoms with Crippen LogP contribution >= 0.6 is 0 Å². The molecule has 142 valence electrons. The number of Topliss-reactive ketones (excluding diaryl/α,β-unsaturated/α-hetero) is 1. The highest BCUT2D eigenvalue weighted by Crippen LogP contribution is 2.67. The molecule has 1 heteroatoms. The lowest BCUT2D eigenvalue weighted by atomic mass is 9.43. The lowest BCUT2D eigenvalue weighted by Crippen LogP contribution is -2.54. The van der Waals surface area contributed by atoms with E-state index in [-0.39, 0.29) is 5.41 Å². The van der Waals surface area contributed by atoms with E-state index in [1.165, 1.54) is 77.0 Å². The fourth-order valence-electron chi connectivity index (χ4n) is 8.38. The average molecular weight is 345 g/mol. The zero-order chi connectivity index (χ0) is 17.7. The molecule has 0 radical (unpaired) electrons. The smallest absolute Gasteiger partial charge is 0.139 e. The van der Waals surface area contributed by atoms with Gasteiger partial charge < -0.3 is 0 Å². The minimum Gasteiger partial charge on any atom is -0.299 e. The molecule has 7 atom stereocenters. The van der Waals surface area contributed by atoms with Crippen molar-refractivity contribution in [1.82, 2.24) is 0 Å². The van der Waals surface area contributed by atoms with Crippen LogP contribution in [0.5, 0.6) is 0 Å². The maximum absolute atomic E-state index is 12.6. The SMILES string of the molecule is CCCCC1CCC2(CC)C(CCC3C4CCC(=O)C4(C)CCC32)C1. The summed E-state index contributed by atoms with van der Waals surface area (Å²) in [7, 11) is 0. The van der Waals surface area contributed by atoms with Crippen LogP contribution in [-0.2, 0) is 4.79 Å². The highest BCUT2D eigenvalue weighted by Gasteiger charge is 2.60. The van der Waals surface area contributed by atoms with Gasteiger partial charge in [-0.3, -0.25) is 4.79 Å². The molecule has 0 bridgehead atoms. The minimum absolute atomic E-state index is 0.0568. The Morgan fingerprint density at radius 1 is 1.00 bits per heavy atom. The molecule has 1 nitrogen and oxygen atoms in total. The predicted molar refractivity (Wildman–Crippen MR) is 104 cm³/mol. The lowest BCUT2D eigenvalue weighted by molar-refractivity contribution is -0.143. The highest BCUT2D eigenvalue weighted by atomic mass is 16.1. The Labute approximate surface area is 155 Å². The van der Waals surface area contributed by atoms with Gasteiger partial charge in [0.2, 0.25) is 0 Å². The molecule has 0 aliphatic heterocycles. The van der Waals surface area contributed by atoms with Gasteiger partial charge in [0.1, 0.15) is 5.78 Å². The first kappa shape index (κ1) is 18.1. The van der Waals surface area contributed by atoms with Crippen LogP contribution in [0.2, 0.25) is 0 Å². The predicted octanol–water partition coefficient (Wildman–Crippen LogP) is 6.79. The van der Waals surface area contributed by atoms with E-state index >= 15 is 0 Å². The summed E-state index contributed by atoms with van der Waals surface area (Å²) in [6.45, 7) is 7.16. The first-order chi connectivity index (χ1) is 12.0. The van der Waals surface area contributed by atoms with Crippen molar-refractivity contribution in [2.75, 3.05) is 0 Å². The van der Waals surface area contributed by atoms with Gasteiger partial charge in [0, 0.05) is 11.8 Å². The molecule has 4 fully saturated rings. The first-order valence-electron chi connectivity index (χ1n) is 11.6. The van der Waals surface area contributed by atoms with Crippen LogP contribution < -0.4 is 0 Å². The largest absolute Gasteiger partial charge is 0.299 e. The molecule has 0 aromatic carbocycles. The molecule has 4 aliphatic carbocycles. The summed E-state index contributed by atoms with van der Waals surface area (Å²) < 4.78 is 0. The maximum Gasteiger partial charge on any atom is 0.139 e. The van der Waals surface area contributed by atoms with Crippen LogP contribution in [0, 0.1) is 40.4 Å². The molecule has 0 aromatic rings. The van der Waals surface area contributed by atoms with E-state index in [0.29, 0.717) is 11.2 Å². The summed E-state index contributed by atoms with van der Waals surface area (Å²) in [5, 5.41) is 0. The monoisotopic (exact) mass is 344 g/mol. The molecule has 0 spiro atoms. The van der Waals surface area contributed by atoms with Crippen molar-refractivity contribution in [3.05, 3.63) is 0 Å². The quantitative estimate of drug-likeness (QED) is 0.548.